The predicted octanol–water partition coefficient (Wildman–Crippen LogP) is 5.17. The summed E-state index contributed by atoms with van der Waals surface area (Å²) in [7, 11) is -1.77. The Morgan fingerprint density at radius 1 is 1.20 bits per heavy atom. The fourth-order valence-corrected chi connectivity index (χ4v) is 4.87. The highest BCUT2D eigenvalue weighted by molar-refractivity contribution is 8.17. The lowest BCUT2D eigenvalue weighted by Crippen LogP contribution is -1.98. The molecular weight excluding hydrogens is 264 g/mol. The number of ether oxygens (including phenoxy) is 1. The Bertz CT molecular complexity index is 661. The molecule has 1 aliphatic heterocycles. The summed E-state index contributed by atoms with van der Waals surface area (Å²) in [4.78, 5) is 1.07. The highest BCUT2D eigenvalue weighted by Crippen LogP contribution is 2.47. The molecule has 0 amide bonds. The molecule has 2 aromatic rings. The van der Waals surface area contributed by atoms with Crippen LogP contribution < -0.4 is 4.74 Å². The Hall–Kier alpha value is -1.15. The summed E-state index contributed by atoms with van der Waals surface area (Å²) < 4.78 is 23.1. The second-order valence-electron chi connectivity index (χ2n) is 5.25. The van der Waals surface area contributed by atoms with E-state index in [9.17, 15) is 0 Å². The third-order valence-corrected chi connectivity index (χ3v) is 6.06. The van der Waals surface area contributed by atoms with Crippen molar-refractivity contribution in [1.29, 1.82) is 1.12 Å². The van der Waals surface area contributed by atoms with Crippen LogP contribution in [0.15, 0.2) is 41.3 Å². The van der Waals surface area contributed by atoms with Gasteiger partial charge in [0, 0.05) is 6.76 Å². The zero-order valence-electron chi connectivity index (χ0n) is 14.1. The lowest BCUT2D eigenvalue weighted by molar-refractivity contribution is 0.313. The Morgan fingerprint density at radius 2 is 2.05 bits per heavy atom. The van der Waals surface area contributed by atoms with Crippen LogP contribution in [0.1, 0.15) is 34.0 Å². The first kappa shape index (κ1) is 11.5. The van der Waals surface area contributed by atoms with E-state index in [1.54, 1.807) is 0 Å². The molecule has 0 saturated carbocycles. The van der Waals surface area contributed by atoms with Gasteiger partial charge in [0.1, 0.15) is 5.75 Å². The van der Waals surface area contributed by atoms with E-state index in [0.29, 0.717) is 0 Å². The first-order valence-electron chi connectivity index (χ1n) is 8.56. The molecular formula is C18H24OS. The standard InChI is InChI=1S/C18H24OS/c1-2-3-12-19-17-10-11-18(20-13-6-7-14-20)16-9-5-4-8-15(16)17/h4-5,8-11,20H,2-3,6-7,12-14H2,1H3/i13D,20D. The number of benzene rings is 2. The first-order chi connectivity index (χ1) is 10.7. The van der Waals surface area contributed by atoms with Crippen LogP contribution in [0.2, 0.25) is 0 Å². The minimum Gasteiger partial charge on any atom is -0.493 e. The van der Waals surface area contributed by atoms with E-state index in [1.165, 1.54) is 0 Å². The summed E-state index contributed by atoms with van der Waals surface area (Å²) >= 11 is 0. The van der Waals surface area contributed by atoms with E-state index in [2.05, 4.69) is 25.1 Å². The minimum absolute atomic E-state index is 0.247. The summed E-state index contributed by atoms with van der Waals surface area (Å²) in [5, 5.41) is 2.20. The van der Waals surface area contributed by atoms with Gasteiger partial charge in [0.15, 0.2) is 0 Å². The third kappa shape index (κ3) is 2.80. The second kappa shape index (κ2) is 6.53. The van der Waals surface area contributed by atoms with E-state index in [4.69, 9.17) is 7.23 Å². The molecule has 2 atom stereocenters. The van der Waals surface area contributed by atoms with Crippen molar-refractivity contribution in [3.63, 3.8) is 0 Å². The van der Waals surface area contributed by atoms with Gasteiger partial charge in [0.2, 0.25) is 0 Å². The van der Waals surface area contributed by atoms with Gasteiger partial charge in [-0.15, -0.1) is 0 Å². The molecule has 0 N–H and O–H groups in total. The molecule has 2 heteroatoms. The number of unbranched alkanes of at least 4 members (excludes halogenated alkanes) is 1. The maximum absolute atomic E-state index is 8.90. The number of thiol groups is 1. The van der Waals surface area contributed by atoms with Gasteiger partial charge in [-0.25, -0.2) is 10.8 Å². The number of hydrogen-bond acceptors (Lipinski definition) is 1. The predicted molar refractivity (Wildman–Crippen MR) is 90.6 cm³/mol. The quantitative estimate of drug-likeness (QED) is 0.590. The van der Waals surface area contributed by atoms with Crippen LogP contribution in [0.3, 0.4) is 0 Å². The van der Waals surface area contributed by atoms with Crippen LogP contribution in [0.5, 0.6) is 5.75 Å². The van der Waals surface area contributed by atoms with E-state index in [1.807, 2.05) is 18.2 Å². The summed E-state index contributed by atoms with van der Waals surface area (Å²) in [6, 6.07) is 12.3. The molecule has 1 nitrogen and oxygen atoms in total. The summed E-state index contributed by atoms with van der Waals surface area (Å²) in [6.45, 7) is 2.89. The fourth-order valence-electron chi connectivity index (χ4n) is 2.67. The van der Waals surface area contributed by atoms with Crippen molar-refractivity contribution in [3.8, 4) is 5.75 Å². The molecule has 0 aromatic heterocycles. The summed E-state index contributed by atoms with van der Waals surface area (Å²) in [5.41, 5.74) is -0.247. The lowest BCUT2D eigenvalue weighted by Gasteiger charge is -2.19. The first-order valence-corrected chi connectivity index (χ1v) is 9.03. The van der Waals surface area contributed by atoms with Crippen molar-refractivity contribution in [1.82, 2.24) is 0 Å². The van der Waals surface area contributed by atoms with E-state index < -0.39 is 10.8 Å². The summed E-state index contributed by atoms with van der Waals surface area (Å²) in [6.07, 6.45) is 4.05. The molecule has 0 spiro atoms. The molecule has 2 aromatic carbocycles. The smallest absolute Gasteiger partial charge is 0.127 e. The lowest BCUT2D eigenvalue weighted by atomic mass is 10.1. The number of hydrogen-bond donors (Lipinski definition) is 1. The number of fused-ring (bicyclic) bond motifs is 1. The van der Waals surface area contributed by atoms with Crippen LogP contribution in [-0.4, -0.2) is 19.2 Å². The molecule has 1 aliphatic rings. The van der Waals surface area contributed by atoms with Gasteiger partial charge < -0.3 is 4.74 Å². The van der Waals surface area contributed by atoms with Crippen LogP contribution in [0.4, 0.5) is 0 Å². The largest absolute Gasteiger partial charge is 0.493 e. The molecule has 20 heavy (non-hydrogen) atoms. The summed E-state index contributed by atoms with van der Waals surface area (Å²) in [5.74, 6) is 1.77. The van der Waals surface area contributed by atoms with Gasteiger partial charge in [-0.1, -0.05) is 37.6 Å². The van der Waals surface area contributed by atoms with Crippen LogP contribution in [0, 0.1) is 0 Å². The van der Waals surface area contributed by atoms with Crippen molar-refractivity contribution in [3.05, 3.63) is 36.4 Å². The van der Waals surface area contributed by atoms with Crippen molar-refractivity contribution in [2.24, 2.45) is 0 Å². The highest BCUT2D eigenvalue weighted by Gasteiger charge is 2.16. The molecule has 3 rings (SSSR count). The van der Waals surface area contributed by atoms with E-state index >= 15 is 0 Å². The van der Waals surface area contributed by atoms with Gasteiger partial charge in [0.05, 0.1) is 7.73 Å². The van der Waals surface area contributed by atoms with E-state index in [0.717, 1.165) is 59.5 Å². The second-order valence-corrected chi connectivity index (χ2v) is 7.29. The molecule has 0 radical (unpaired) electrons. The maximum atomic E-state index is 8.90. The Labute approximate surface area is 127 Å². The Kier molecular flexibility index (Phi) is 3.76. The minimum atomic E-state index is -1.77. The van der Waals surface area contributed by atoms with E-state index in [-0.39, 0.29) is 5.73 Å². The maximum Gasteiger partial charge on any atom is 0.127 e. The van der Waals surface area contributed by atoms with Crippen molar-refractivity contribution < 1.29 is 6.11 Å². The zero-order chi connectivity index (χ0) is 15.6. The molecule has 2 unspecified atom stereocenters. The molecule has 108 valence electrons. The van der Waals surface area contributed by atoms with Gasteiger partial charge in [-0.05, 0) is 53.2 Å². The zero-order valence-corrected chi connectivity index (χ0v) is 12.9. The van der Waals surface area contributed by atoms with Crippen LogP contribution >= 0.6 is 10.8 Å². The molecule has 0 bridgehead atoms. The topological polar surface area (TPSA) is 9.23 Å². The van der Waals surface area contributed by atoms with Gasteiger partial charge >= 0.3 is 0 Å². The van der Waals surface area contributed by atoms with Crippen LogP contribution in [0.25, 0.3) is 10.8 Å². The average Bonchev–Trinajstić information content (AvgIpc) is 2.88. The normalized spacial score (nSPS) is 30.6. The molecule has 1 fully saturated rings. The average molecular weight is 290 g/mol. The van der Waals surface area contributed by atoms with Crippen molar-refractivity contribution in [2.45, 2.75) is 37.5 Å². The van der Waals surface area contributed by atoms with Gasteiger partial charge in [0.25, 0.3) is 0 Å². The molecule has 1 saturated heterocycles. The third-order valence-electron chi connectivity index (χ3n) is 3.77. The molecule has 0 aliphatic carbocycles. The van der Waals surface area contributed by atoms with Crippen LogP contribution in [-0.2, 0) is 0 Å². The Morgan fingerprint density at radius 3 is 2.80 bits per heavy atom. The van der Waals surface area contributed by atoms with Crippen molar-refractivity contribution >= 4 is 21.6 Å². The monoisotopic (exact) mass is 290 g/mol. The SMILES string of the molecule is [2H]C1CCCS1([2H])c1ccc(OCCCC)c2ccccc12. The van der Waals surface area contributed by atoms with Crippen molar-refractivity contribution in [2.75, 3.05) is 18.1 Å². The number of rotatable bonds is 5. The molecule has 1 heterocycles. The van der Waals surface area contributed by atoms with Gasteiger partial charge in [-0.2, -0.15) is 0 Å². The Balaban J connectivity index is 2.05. The van der Waals surface area contributed by atoms with Gasteiger partial charge in [-0.3, -0.25) is 0 Å². The fraction of sp³-hybridized carbons (Fsp3) is 0.444. The highest BCUT2D eigenvalue weighted by atomic mass is 32.2.